The largest absolute Gasteiger partial charge is 0.369 e. The van der Waals surface area contributed by atoms with Gasteiger partial charge in [0.15, 0.2) is 6.23 Å². The van der Waals surface area contributed by atoms with Gasteiger partial charge in [-0.3, -0.25) is 9.69 Å². The fourth-order valence-electron chi connectivity index (χ4n) is 1.19. The average molecular weight is 289 g/mol. The summed E-state index contributed by atoms with van der Waals surface area (Å²) in [6.07, 6.45) is 5.88. The van der Waals surface area contributed by atoms with Crippen molar-refractivity contribution in [3.63, 3.8) is 0 Å². The number of carbonyl (C=O) groups excluding carboxylic acids is 1. The van der Waals surface area contributed by atoms with Crippen molar-refractivity contribution in [3.05, 3.63) is 34.1 Å². The molecule has 0 aromatic heterocycles. The molecule has 1 unspecified atom stereocenters. The minimum atomic E-state index is -0.787. The van der Waals surface area contributed by atoms with E-state index in [1.54, 1.807) is 0 Å². The number of hydrogen-bond acceptors (Lipinski definition) is 2. The van der Waals surface area contributed by atoms with Crippen LogP contribution < -0.4 is 0 Å². The van der Waals surface area contributed by atoms with Crippen molar-refractivity contribution in [2.24, 2.45) is 0 Å². The maximum atomic E-state index is 11.3. The molecule has 2 rings (SSSR count). The van der Waals surface area contributed by atoms with E-state index in [1.165, 1.54) is 17.1 Å². The molecule has 0 aliphatic carbocycles. The second-order valence-electron chi connectivity index (χ2n) is 2.63. The van der Waals surface area contributed by atoms with Crippen molar-refractivity contribution in [2.75, 3.05) is 0 Å². The summed E-state index contributed by atoms with van der Waals surface area (Å²) < 4.78 is 4.12. The van der Waals surface area contributed by atoms with Gasteiger partial charge in [0.05, 0.1) is 5.70 Å². The summed E-state index contributed by atoms with van der Waals surface area (Å²) in [4.78, 5) is 12.7. The average Bonchev–Trinajstić information content (AvgIpc) is 2.48. The molecule has 0 aromatic carbocycles. The molecule has 3 nitrogen and oxygen atoms in total. The first-order valence-electron chi connectivity index (χ1n) is 3.80. The van der Waals surface area contributed by atoms with Crippen LogP contribution >= 0.6 is 20.7 Å². The van der Waals surface area contributed by atoms with Gasteiger partial charge in [-0.25, -0.2) is 0 Å². The van der Waals surface area contributed by atoms with Gasteiger partial charge in [0, 0.05) is 6.08 Å². The van der Waals surface area contributed by atoms with E-state index >= 15 is 0 Å². The fraction of sp³-hybridized carbons (Fsp3) is 0.111. The molecule has 0 bridgehead atoms. The number of hydrogen-bond donors (Lipinski definition) is 1. The molecule has 0 aromatic rings. The SMILES string of the molecule is O=C1C=CC(O)N1C1=CI=CC=C1. The van der Waals surface area contributed by atoms with Crippen LogP contribution in [0.3, 0.4) is 0 Å². The third-order valence-electron chi connectivity index (χ3n) is 1.78. The number of amides is 1. The lowest BCUT2D eigenvalue weighted by atomic mass is 10.3. The highest BCUT2D eigenvalue weighted by molar-refractivity contribution is 14.2. The van der Waals surface area contributed by atoms with Crippen LogP contribution in [0.4, 0.5) is 0 Å². The van der Waals surface area contributed by atoms with Gasteiger partial charge < -0.3 is 5.11 Å². The molecule has 1 atom stereocenters. The summed E-state index contributed by atoms with van der Waals surface area (Å²) in [5.74, 6) is -0.144. The first-order valence-corrected chi connectivity index (χ1v) is 6.29. The van der Waals surface area contributed by atoms with Crippen molar-refractivity contribution in [1.82, 2.24) is 4.90 Å². The quantitative estimate of drug-likeness (QED) is 0.728. The van der Waals surface area contributed by atoms with Gasteiger partial charge in [0.25, 0.3) is 5.91 Å². The Morgan fingerprint density at radius 1 is 1.46 bits per heavy atom. The molecule has 13 heavy (non-hydrogen) atoms. The van der Waals surface area contributed by atoms with Crippen molar-refractivity contribution in [2.45, 2.75) is 6.23 Å². The minimum absolute atomic E-state index is 0.0890. The number of allylic oxidation sites excluding steroid dienone is 2. The summed E-state index contributed by atoms with van der Waals surface area (Å²) in [5.41, 5.74) is 0.817. The Kier molecular flexibility index (Phi) is 2.41. The van der Waals surface area contributed by atoms with Gasteiger partial charge in [0.1, 0.15) is 0 Å². The Hall–Kier alpha value is -0.750. The van der Waals surface area contributed by atoms with E-state index in [0.29, 0.717) is 0 Å². The van der Waals surface area contributed by atoms with Crippen molar-refractivity contribution < 1.29 is 9.90 Å². The van der Waals surface area contributed by atoms with Crippen LogP contribution in [-0.4, -0.2) is 26.2 Å². The minimum Gasteiger partial charge on any atom is -0.369 e. The molecule has 2 aliphatic heterocycles. The molecule has 0 saturated carbocycles. The van der Waals surface area contributed by atoms with Gasteiger partial charge in [-0.1, -0.05) is 26.8 Å². The molecule has 0 fully saturated rings. The van der Waals surface area contributed by atoms with E-state index in [0.717, 1.165) is 5.70 Å². The van der Waals surface area contributed by atoms with E-state index < -0.39 is 6.23 Å². The molecule has 1 amide bonds. The van der Waals surface area contributed by atoms with E-state index in [-0.39, 0.29) is 26.6 Å². The second-order valence-corrected chi connectivity index (χ2v) is 4.69. The standard InChI is InChI=1S/C9H8INO2/c12-8-3-4-9(13)11(8)7-2-1-5-10-6-7/h1-6,8,12H. The summed E-state index contributed by atoms with van der Waals surface area (Å²) in [7, 11) is 0. The third-order valence-corrected chi connectivity index (χ3v) is 3.61. The topological polar surface area (TPSA) is 40.5 Å². The zero-order valence-corrected chi connectivity index (χ0v) is 8.88. The maximum absolute atomic E-state index is 11.3. The number of aliphatic hydroxyl groups is 1. The van der Waals surface area contributed by atoms with Gasteiger partial charge in [-0.05, 0) is 20.2 Å². The molecule has 0 radical (unpaired) electrons. The van der Waals surface area contributed by atoms with Crippen molar-refractivity contribution in [3.8, 4) is 0 Å². The Balaban J connectivity index is 2.27. The Morgan fingerprint density at radius 3 is 2.85 bits per heavy atom. The van der Waals surface area contributed by atoms with Crippen molar-refractivity contribution >= 4 is 30.6 Å². The highest BCUT2D eigenvalue weighted by Gasteiger charge is 2.25. The first-order chi connectivity index (χ1) is 6.29. The zero-order chi connectivity index (χ0) is 9.26. The molecular weight excluding hydrogens is 281 g/mol. The number of carbonyl (C=O) groups is 1. The summed E-state index contributed by atoms with van der Waals surface area (Å²) in [6, 6.07) is 0. The Morgan fingerprint density at radius 2 is 2.31 bits per heavy atom. The number of nitrogens with zero attached hydrogens (tertiary/aromatic N) is 1. The molecule has 4 heteroatoms. The molecule has 0 saturated heterocycles. The fourth-order valence-corrected chi connectivity index (χ4v) is 2.72. The molecule has 68 valence electrons. The van der Waals surface area contributed by atoms with Crippen LogP contribution in [-0.2, 0) is 4.79 Å². The molecule has 1 N–H and O–H groups in total. The number of aliphatic hydroxyl groups excluding tert-OH is 1. The summed E-state index contributed by atoms with van der Waals surface area (Å²) in [6.45, 7) is 0. The maximum Gasteiger partial charge on any atom is 0.253 e. The van der Waals surface area contributed by atoms with Crippen LogP contribution in [0.15, 0.2) is 34.1 Å². The molecule has 0 spiro atoms. The van der Waals surface area contributed by atoms with Crippen LogP contribution in [0.25, 0.3) is 0 Å². The van der Waals surface area contributed by atoms with Crippen molar-refractivity contribution in [1.29, 1.82) is 0 Å². The zero-order valence-electron chi connectivity index (χ0n) is 6.72. The smallest absolute Gasteiger partial charge is 0.253 e. The Bertz CT molecular complexity index is 355. The second kappa shape index (κ2) is 3.55. The Labute approximate surface area is 85.8 Å². The summed E-state index contributed by atoms with van der Waals surface area (Å²) >= 11 is -0.0890. The van der Waals surface area contributed by atoms with Crippen LogP contribution in [0.5, 0.6) is 0 Å². The lowest BCUT2D eigenvalue weighted by molar-refractivity contribution is -0.127. The van der Waals surface area contributed by atoms with Gasteiger partial charge >= 0.3 is 0 Å². The monoisotopic (exact) mass is 289 g/mol. The van der Waals surface area contributed by atoms with Crippen LogP contribution in [0.1, 0.15) is 0 Å². The normalized spacial score (nSPS) is 26.2. The van der Waals surface area contributed by atoms with Gasteiger partial charge in [-0.2, -0.15) is 0 Å². The highest BCUT2D eigenvalue weighted by Crippen LogP contribution is 2.21. The van der Waals surface area contributed by atoms with E-state index in [1.807, 2.05) is 16.2 Å². The highest BCUT2D eigenvalue weighted by atomic mass is 127. The predicted octanol–water partition coefficient (Wildman–Crippen LogP) is 0.887. The van der Waals surface area contributed by atoms with Gasteiger partial charge in [0.2, 0.25) is 0 Å². The number of halogens is 1. The third kappa shape index (κ3) is 1.64. The lowest BCUT2D eigenvalue weighted by Crippen LogP contribution is -2.32. The van der Waals surface area contributed by atoms with Crippen LogP contribution in [0, 0.1) is 0 Å². The predicted molar refractivity (Wildman–Crippen MR) is 59.3 cm³/mol. The number of rotatable bonds is 1. The molecular formula is C9H8INO2. The molecule has 2 heterocycles. The van der Waals surface area contributed by atoms with E-state index in [9.17, 15) is 9.90 Å². The van der Waals surface area contributed by atoms with Crippen LogP contribution in [0.2, 0.25) is 0 Å². The lowest BCUT2D eigenvalue weighted by Gasteiger charge is -2.21. The van der Waals surface area contributed by atoms with E-state index in [2.05, 4.69) is 4.01 Å². The van der Waals surface area contributed by atoms with E-state index in [4.69, 9.17) is 0 Å². The summed E-state index contributed by atoms with van der Waals surface area (Å²) in [5, 5.41) is 9.46. The van der Waals surface area contributed by atoms with Gasteiger partial charge in [-0.15, -0.1) is 0 Å². The first kappa shape index (κ1) is 8.83. The molecule has 2 aliphatic rings.